The van der Waals surface area contributed by atoms with Crippen molar-refractivity contribution >= 4 is 27.3 Å². The molecule has 0 aliphatic heterocycles. The molecule has 1 aliphatic rings. The van der Waals surface area contributed by atoms with Crippen LogP contribution in [0.15, 0.2) is 53.4 Å². The first-order valence-corrected chi connectivity index (χ1v) is 11.5. The average Bonchev–Trinajstić information content (AvgIpc) is 3.49. The third-order valence-electron chi connectivity index (χ3n) is 5.49. The van der Waals surface area contributed by atoms with E-state index in [9.17, 15) is 17.6 Å². The summed E-state index contributed by atoms with van der Waals surface area (Å²) in [4.78, 5) is 12.9. The van der Waals surface area contributed by atoms with Crippen LogP contribution in [0.2, 0.25) is 0 Å². The van der Waals surface area contributed by atoms with Crippen LogP contribution in [0.5, 0.6) is 0 Å². The monoisotopic (exact) mass is 441 g/mol. The number of carbonyl (C=O) groups excluding carboxylic acids is 1. The lowest BCUT2D eigenvalue weighted by Gasteiger charge is -2.13. The Labute approximate surface area is 181 Å². The number of amides is 1. The zero-order chi connectivity index (χ0) is 22.3. The minimum absolute atomic E-state index is 0.0305. The predicted molar refractivity (Wildman–Crippen MR) is 119 cm³/mol. The fourth-order valence-electron chi connectivity index (χ4n) is 3.81. The molecular formula is C23H24FN3O3S. The molecule has 0 bridgehead atoms. The summed E-state index contributed by atoms with van der Waals surface area (Å²) in [6.45, 7) is 5.54. The second-order valence-electron chi connectivity index (χ2n) is 7.91. The molecule has 1 heterocycles. The van der Waals surface area contributed by atoms with Crippen molar-refractivity contribution < 1.29 is 17.6 Å². The van der Waals surface area contributed by atoms with Crippen LogP contribution in [-0.2, 0) is 10.0 Å². The van der Waals surface area contributed by atoms with Crippen molar-refractivity contribution in [1.82, 2.24) is 4.57 Å². The number of hydrogen-bond acceptors (Lipinski definition) is 3. The number of benzene rings is 2. The summed E-state index contributed by atoms with van der Waals surface area (Å²) in [5.41, 5.74) is 3.20. The summed E-state index contributed by atoms with van der Waals surface area (Å²) < 4.78 is 44.1. The van der Waals surface area contributed by atoms with Gasteiger partial charge < -0.3 is 9.88 Å². The SMILES string of the molecule is Cc1ccc(NC(=O)c2cc(C)n(C3CC3)c2C)cc1S(=O)(=O)Nc1ccccc1F. The number of aryl methyl sites for hydroxylation is 2. The largest absolute Gasteiger partial charge is 0.345 e. The van der Waals surface area contributed by atoms with E-state index in [1.165, 1.54) is 24.3 Å². The number of halogens is 1. The first-order chi connectivity index (χ1) is 14.7. The summed E-state index contributed by atoms with van der Waals surface area (Å²) in [7, 11) is -4.05. The molecule has 1 amide bonds. The lowest BCUT2D eigenvalue weighted by molar-refractivity contribution is 0.102. The molecule has 0 spiro atoms. The van der Waals surface area contributed by atoms with E-state index in [-0.39, 0.29) is 16.5 Å². The molecule has 1 aromatic heterocycles. The van der Waals surface area contributed by atoms with Crippen LogP contribution in [0.25, 0.3) is 0 Å². The Morgan fingerprint density at radius 1 is 1.06 bits per heavy atom. The highest BCUT2D eigenvalue weighted by Gasteiger charge is 2.28. The van der Waals surface area contributed by atoms with Crippen molar-refractivity contribution in [3.63, 3.8) is 0 Å². The molecule has 0 atom stereocenters. The summed E-state index contributed by atoms with van der Waals surface area (Å²) in [5.74, 6) is -0.964. The van der Waals surface area contributed by atoms with Gasteiger partial charge in [-0.3, -0.25) is 9.52 Å². The van der Waals surface area contributed by atoms with E-state index in [2.05, 4.69) is 14.6 Å². The highest BCUT2D eigenvalue weighted by molar-refractivity contribution is 7.92. The summed E-state index contributed by atoms with van der Waals surface area (Å²) in [6, 6.07) is 12.5. The molecule has 2 aromatic carbocycles. The van der Waals surface area contributed by atoms with Gasteiger partial charge in [0.05, 0.1) is 16.1 Å². The van der Waals surface area contributed by atoms with E-state index in [4.69, 9.17) is 0 Å². The van der Waals surface area contributed by atoms with E-state index in [1.807, 2.05) is 19.9 Å². The molecule has 1 saturated carbocycles. The van der Waals surface area contributed by atoms with Gasteiger partial charge in [-0.25, -0.2) is 12.8 Å². The molecule has 2 N–H and O–H groups in total. The van der Waals surface area contributed by atoms with E-state index in [0.29, 0.717) is 22.9 Å². The number of carbonyl (C=O) groups is 1. The van der Waals surface area contributed by atoms with Crippen LogP contribution >= 0.6 is 0 Å². The topological polar surface area (TPSA) is 80.2 Å². The van der Waals surface area contributed by atoms with Crippen molar-refractivity contribution in [3.05, 3.63) is 76.9 Å². The second kappa shape index (κ2) is 7.85. The third-order valence-corrected chi connectivity index (χ3v) is 7.00. The van der Waals surface area contributed by atoms with Gasteiger partial charge in [0.2, 0.25) is 0 Å². The fraction of sp³-hybridized carbons (Fsp3) is 0.261. The highest BCUT2D eigenvalue weighted by atomic mass is 32.2. The van der Waals surface area contributed by atoms with Gasteiger partial charge in [0, 0.05) is 23.1 Å². The van der Waals surface area contributed by atoms with Crippen molar-refractivity contribution in [2.45, 2.75) is 44.6 Å². The smallest absolute Gasteiger partial charge is 0.262 e. The van der Waals surface area contributed by atoms with Crippen LogP contribution in [0, 0.1) is 26.6 Å². The van der Waals surface area contributed by atoms with Crippen molar-refractivity contribution in [2.24, 2.45) is 0 Å². The van der Waals surface area contributed by atoms with Gasteiger partial charge >= 0.3 is 0 Å². The molecule has 1 aliphatic carbocycles. The quantitative estimate of drug-likeness (QED) is 0.569. The Morgan fingerprint density at radius 2 is 1.77 bits per heavy atom. The Morgan fingerprint density at radius 3 is 2.45 bits per heavy atom. The summed E-state index contributed by atoms with van der Waals surface area (Å²) in [6.07, 6.45) is 2.23. The average molecular weight is 442 g/mol. The van der Waals surface area contributed by atoms with Crippen LogP contribution < -0.4 is 10.0 Å². The molecule has 6 nitrogen and oxygen atoms in total. The van der Waals surface area contributed by atoms with E-state index in [1.54, 1.807) is 25.1 Å². The van der Waals surface area contributed by atoms with Crippen LogP contribution in [0.1, 0.15) is 46.2 Å². The maximum atomic E-state index is 13.9. The predicted octanol–water partition coefficient (Wildman–Crippen LogP) is 4.94. The Hall–Kier alpha value is -3.13. The fourth-order valence-corrected chi connectivity index (χ4v) is 5.15. The standard InChI is InChI=1S/C23H24FN3O3S/c1-14-8-9-17(13-22(14)31(29,30)26-21-7-5-4-6-20(21)24)25-23(28)19-12-15(2)27(16(19)3)18-10-11-18/h4-9,12-13,18,26H,10-11H2,1-3H3,(H,25,28). The molecule has 162 valence electrons. The second-order valence-corrected chi connectivity index (χ2v) is 9.56. The minimum Gasteiger partial charge on any atom is -0.345 e. The molecule has 0 saturated heterocycles. The first-order valence-electron chi connectivity index (χ1n) is 10.0. The van der Waals surface area contributed by atoms with Gasteiger partial charge in [-0.05, 0) is 69.5 Å². The van der Waals surface area contributed by atoms with Crippen LogP contribution in [-0.4, -0.2) is 18.9 Å². The molecular weight excluding hydrogens is 417 g/mol. The number of sulfonamides is 1. The number of nitrogens with zero attached hydrogens (tertiary/aromatic N) is 1. The molecule has 0 unspecified atom stereocenters. The van der Waals surface area contributed by atoms with Crippen LogP contribution in [0.4, 0.5) is 15.8 Å². The summed E-state index contributed by atoms with van der Waals surface area (Å²) >= 11 is 0. The maximum absolute atomic E-state index is 13.9. The number of rotatable bonds is 6. The molecule has 0 radical (unpaired) electrons. The van der Waals surface area contributed by atoms with E-state index >= 15 is 0 Å². The van der Waals surface area contributed by atoms with Crippen molar-refractivity contribution in [1.29, 1.82) is 0 Å². The zero-order valence-electron chi connectivity index (χ0n) is 17.6. The Balaban J connectivity index is 1.60. The van der Waals surface area contributed by atoms with E-state index < -0.39 is 15.8 Å². The number of para-hydroxylation sites is 1. The van der Waals surface area contributed by atoms with Crippen molar-refractivity contribution in [2.75, 3.05) is 10.0 Å². The van der Waals surface area contributed by atoms with Crippen molar-refractivity contribution in [3.8, 4) is 0 Å². The molecule has 8 heteroatoms. The zero-order valence-corrected chi connectivity index (χ0v) is 18.4. The van der Waals surface area contributed by atoms with Gasteiger partial charge in [-0.15, -0.1) is 0 Å². The van der Waals surface area contributed by atoms with Gasteiger partial charge in [0.15, 0.2) is 0 Å². The van der Waals surface area contributed by atoms with Gasteiger partial charge in [-0.1, -0.05) is 18.2 Å². The minimum atomic E-state index is -4.05. The van der Waals surface area contributed by atoms with Gasteiger partial charge in [0.1, 0.15) is 5.82 Å². The van der Waals surface area contributed by atoms with Gasteiger partial charge in [0.25, 0.3) is 15.9 Å². The number of nitrogens with one attached hydrogen (secondary N) is 2. The maximum Gasteiger partial charge on any atom is 0.262 e. The molecule has 1 fully saturated rings. The molecule has 3 aromatic rings. The van der Waals surface area contributed by atoms with Gasteiger partial charge in [-0.2, -0.15) is 0 Å². The third kappa shape index (κ3) is 4.20. The number of hydrogen-bond donors (Lipinski definition) is 2. The summed E-state index contributed by atoms with van der Waals surface area (Å²) in [5, 5.41) is 2.80. The number of aromatic nitrogens is 1. The lowest BCUT2D eigenvalue weighted by Crippen LogP contribution is -2.17. The molecule has 4 rings (SSSR count). The Kier molecular flexibility index (Phi) is 5.35. The lowest BCUT2D eigenvalue weighted by atomic mass is 10.2. The van der Waals surface area contributed by atoms with Crippen LogP contribution in [0.3, 0.4) is 0 Å². The number of anilines is 2. The van der Waals surface area contributed by atoms with E-state index in [0.717, 1.165) is 24.2 Å². The Bertz CT molecular complexity index is 1280. The first kappa shape index (κ1) is 21.1. The molecule has 31 heavy (non-hydrogen) atoms. The highest BCUT2D eigenvalue weighted by Crippen LogP contribution is 2.38. The normalized spacial score (nSPS) is 13.8.